The van der Waals surface area contributed by atoms with E-state index in [1.54, 1.807) is 12.1 Å². The van der Waals surface area contributed by atoms with Gasteiger partial charge in [0.15, 0.2) is 0 Å². The van der Waals surface area contributed by atoms with Crippen LogP contribution in [0, 0.1) is 19.3 Å². The molecule has 3 nitrogen and oxygen atoms in total. The number of halogens is 2. The van der Waals surface area contributed by atoms with E-state index in [0.717, 1.165) is 22.4 Å². The van der Waals surface area contributed by atoms with Crippen molar-refractivity contribution >= 4 is 29.0 Å². The molecule has 0 fully saturated rings. The molecular weight excluding hydrogens is 307 g/mol. The zero-order valence-corrected chi connectivity index (χ0v) is 13.3. The second kappa shape index (κ2) is 6.37. The van der Waals surface area contributed by atoms with Crippen LogP contribution in [0.2, 0.25) is 10.0 Å². The first-order valence-corrected chi connectivity index (χ1v) is 7.16. The van der Waals surface area contributed by atoms with Crippen LogP contribution in [0.3, 0.4) is 0 Å². The molecule has 2 aromatic carbocycles. The summed E-state index contributed by atoms with van der Waals surface area (Å²) in [5.41, 5.74) is 8.84. The zero-order valence-electron chi connectivity index (χ0n) is 11.8. The quantitative estimate of drug-likeness (QED) is 0.644. The Morgan fingerprint density at radius 3 is 2.29 bits per heavy atom. The average Bonchev–Trinajstić information content (AvgIpc) is 2.38. The molecule has 0 heterocycles. The standard InChI is InChI=1S/C16H16Cl2N2O/c1-9-5-13(17)6-10(2)15(9)21-8-12-4-3-11(16(19)20)7-14(12)18/h3-7H,8H2,1-2H3,(H3,19,20). The first-order chi connectivity index (χ1) is 9.88. The molecule has 0 bridgehead atoms. The Morgan fingerprint density at radius 1 is 1.14 bits per heavy atom. The van der Waals surface area contributed by atoms with Crippen LogP contribution >= 0.6 is 23.2 Å². The fourth-order valence-corrected chi connectivity index (χ4v) is 2.67. The molecule has 0 saturated heterocycles. The third-order valence-corrected chi connectivity index (χ3v) is 3.73. The van der Waals surface area contributed by atoms with E-state index in [-0.39, 0.29) is 5.84 Å². The minimum absolute atomic E-state index is 0.00578. The van der Waals surface area contributed by atoms with Gasteiger partial charge in [-0.1, -0.05) is 35.3 Å². The van der Waals surface area contributed by atoms with E-state index in [1.165, 1.54) is 0 Å². The molecule has 0 aromatic heterocycles. The number of aryl methyl sites for hydroxylation is 2. The van der Waals surface area contributed by atoms with Crippen molar-refractivity contribution in [2.45, 2.75) is 20.5 Å². The topological polar surface area (TPSA) is 59.1 Å². The highest BCUT2D eigenvalue weighted by Crippen LogP contribution is 2.28. The Hall–Kier alpha value is -1.71. The lowest BCUT2D eigenvalue weighted by Gasteiger charge is -2.14. The SMILES string of the molecule is Cc1cc(Cl)cc(C)c1OCc1ccc(C(=N)N)cc1Cl. The first-order valence-electron chi connectivity index (χ1n) is 6.41. The highest BCUT2D eigenvalue weighted by atomic mass is 35.5. The molecule has 110 valence electrons. The van der Waals surface area contributed by atoms with Crippen LogP contribution < -0.4 is 10.5 Å². The van der Waals surface area contributed by atoms with Gasteiger partial charge in [0.05, 0.1) is 0 Å². The second-order valence-electron chi connectivity index (χ2n) is 4.88. The molecule has 0 aliphatic carbocycles. The summed E-state index contributed by atoms with van der Waals surface area (Å²) in [6.45, 7) is 4.25. The third kappa shape index (κ3) is 3.69. The van der Waals surface area contributed by atoms with Crippen molar-refractivity contribution in [1.82, 2.24) is 0 Å². The molecule has 0 unspecified atom stereocenters. The van der Waals surface area contributed by atoms with Gasteiger partial charge < -0.3 is 10.5 Å². The fourth-order valence-electron chi connectivity index (χ4n) is 2.11. The van der Waals surface area contributed by atoms with Crippen LogP contribution in [0.25, 0.3) is 0 Å². The third-order valence-electron chi connectivity index (χ3n) is 3.16. The van der Waals surface area contributed by atoms with Gasteiger partial charge in [-0.25, -0.2) is 0 Å². The number of nitrogen functional groups attached to an aromatic ring is 1. The molecule has 3 N–H and O–H groups in total. The Balaban J connectivity index is 2.19. The number of amidine groups is 1. The molecule has 21 heavy (non-hydrogen) atoms. The van der Waals surface area contributed by atoms with E-state index in [1.807, 2.05) is 32.0 Å². The van der Waals surface area contributed by atoms with Gasteiger partial charge in [0.1, 0.15) is 18.2 Å². The normalized spacial score (nSPS) is 10.5. The number of rotatable bonds is 4. The van der Waals surface area contributed by atoms with Gasteiger partial charge in [-0.15, -0.1) is 0 Å². The lowest BCUT2D eigenvalue weighted by atomic mass is 10.1. The number of benzene rings is 2. The molecule has 5 heteroatoms. The summed E-state index contributed by atoms with van der Waals surface area (Å²) >= 11 is 12.2. The monoisotopic (exact) mass is 322 g/mol. The van der Waals surface area contributed by atoms with Crippen molar-refractivity contribution in [2.24, 2.45) is 5.73 Å². The molecule has 0 radical (unpaired) electrons. The fraction of sp³-hybridized carbons (Fsp3) is 0.188. The summed E-state index contributed by atoms with van der Waals surface area (Å²) in [6.07, 6.45) is 0. The highest BCUT2D eigenvalue weighted by molar-refractivity contribution is 6.31. The lowest BCUT2D eigenvalue weighted by Crippen LogP contribution is -2.11. The minimum atomic E-state index is -0.00578. The minimum Gasteiger partial charge on any atom is -0.488 e. The van der Waals surface area contributed by atoms with E-state index < -0.39 is 0 Å². The van der Waals surface area contributed by atoms with Crippen LogP contribution in [0.15, 0.2) is 30.3 Å². The van der Waals surface area contributed by atoms with E-state index in [4.69, 9.17) is 39.1 Å². The molecular formula is C16H16Cl2N2O. The maximum Gasteiger partial charge on any atom is 0.125 e. The highest BCUT2D eigenvalue weighted by Gasteiger charge is 2.09. The Morgan fingerprint density at radius 2 is 1.76 bits per heavy atom. The van der Waals surface area contributed by atoms with Crippen molar-refractivity contribution in [3.05, 3.63) is 62.6 Å². The van der Waals surface area contributed by atoms with Crippen LogP contribution in [-0.4, -0.2) is 5.84 Å². The maximum absolute atomic E-state index is 7.39. The van der Waals surface area contributed by atoms with Crippen molar-refractivity contribution in [3.63, 3.8) is 0 Å². The number of nitrogens with two attached hydrogens (primary N) is 1. The lowest BCUT2D eigenvalue weighted by molar-refractivity contribution is 0.302. The number of hydrogen-bond donors (Lipinski definition) is 2. The summed E-state index contributed by atoms with van der Waals surface area (Å²) in [7, 11) is 0. The molecule has 0 saturated carbocycles. The van der Waals surface area contributed by atoms with E-state index in [0.29, 0.717) is 22.2 Å². The molecule has 2 rings (SSSR count). The number of hydrogen-bond acceptors (Lipinski definition) is 2. The van der Waals surface area contributed by atoms with Crippen LogP contribution in [0.1, 0.15) is 22.3 Å². The van der Waals surface area contributed by atoms with Crippen LogP contribution in [0.5, 0.6) is 5.75 Å². The Kier molecular flexibility index (Phi) is 4.76. The van der Waals surface area contributed by atoms with Gasteiger partial charge in [0, 0.05) is 21.2 Å². The summed E-state index contributed by atoms with van der Waals surface area (Å²) in [5, 5.41) is 8.62. The van der Waals surface area contributed by atoms with Gasteiger partial charge in [-0.05, 0) is 43.2 Å². The van der Waals surface area contributed by atoms with E-state index >= 15 is 0 Å². The molecule has 0 aliphatic heterocycles. The predicted molar refractivity (Wildman–Crippen MR) is 87.7 cm³/mol. The van der Waals surface area contributed by atoms with Gasteiger partial charge >= 0.3 is 0 Å². The predicted octanol–water partition coefficient (Wildman–Crippen LogP) is 4.47. The van der Waals surface area contributed by atoms with Crippen molar-refractivity contribution in [3.8, 4) is 5.75 Å². The molecule has 0 aliphatic rings. The Bertz CT molecular complexity index is 676. The molecule has 0 atom stereocenters. The van der Waals surface area contributed by atoms with E-state index in [9.17, 15) is 0 Å². The van der Waals surface area contributed by atoms with Gasteiger partial charge in [0.25, 0.3) is 0 Å². The first kappa shape index (κ1) is 15.7. The van der Waals surface area contributed by atoms with Crippen LogP contribution in [0.4, 0.5) is 0 Å². The molecule has 0 amide bonds. The van der Waals surface area contributed by atoms with E-state index in [2.05, 4.69) is 0 Å². The van der Waals surface area contributed by atoms with Crippen molar-refractivity contribution in [2.75, 3.05) is 0 Å². The largest absolute Gasteiger partial charge is 0.488 e. The Labute approximate surface area is 134 Å². The zero-order chi connectivity index (χ0) is 15.6. The van der Waals surface area contributed by atoms with Gasteiger partial charge in [-0.3, -0.25) is 5.41 Å². The summed E-state index contributed by atoms with van der Waals surface area (Å²) in [4.78, 5) is 0. The summed E-state index contributed by atoms with van der Waals surface area (Å²) in [6, 6.07) is 8.98. The second-order valence-corrected chi connectivity index (χ2v) is 5.72. The summed E-state index contributed by atoms with van der Waals surface area (Å²) in [5.74, 6) is 0.805. The molecule has 2 aromatic rings. The molecule has 0 spiro atoms. The maximum atomic E-state index is 7.39. The smallest absolute Gasteiger partial charge is 0.125 e. The number of nitrogens with one attached hydrogen (secondary N) is 1. The average molecular weight is 323 g/mol. The summed E-state index contributed by atoms with van der Waals surface area (Å²) < 4.78 is 5.86. The van der Waals surface area contributed by atoms with Gasteiger partial charge in [-0.2, -0.15) is 0 Å². The van der Waals surface area contributed by atoms with Crippen molar-refractivity contribution < 1.29 is 4.74 Å². The van der Waals surface area contributed by atoms with Crippen LogP contribution in [-0.2, 0) is 6.61 Å². The van der Waals surface area contributed by atoms with Gasteiger partial charge in [0.2, 0.25) is 0 Å². The van der Waals surface area contributed by atoms with Crippen molar-refractivity contribution in [1.29, 1.82) is 5.41 Å². The number of ether oxygens (including phenoxy) is 1.